The maximum absolute atomic E-state index is 4.42. The Balaban J connectivity index is 1.14. The van der Waals surface area contributed by atoms with Crippen LogP contribution in [-0.2, 0) is 0 Å². The lowest BCUT2D eigenvalue weighted by Crippen LogP contribution is -2.09. The average Bonchev–Trinajstić information content (AvgIpc) is 3.20. The zero-order valence-electron chi connectivity index (χ0n) is 28.0. The molecule has 2 nitrogen and oxygen atoms in total. The minimum absolute atomic E-state index is 0.948. The van der Waals surface area contributed by atoms with Crippen LogP contribution >= 0.6 is 0 Å². The molecule has 0 fully saturated rings. The second-order valence-electron chi connectivity index (χ2n) is 12.8. The van der Waals surface area contributed by atoms with Crippen LogP contribution in [0.4, 0.5) is 17.1 Å². The predicted molar refractivity (Wildman–Crippen MR) is 218 cm³/mol. The van der Waals surface area contributed by atoms with Crippen LogP contribution in [0.25, 0.3) is 66.7 Å². The lowest BCUT2D eigenvalue weighted by Gasteiger charge is -2.26. The summed E-state index contributed by atoms with van der Waals surface area (Å²) in [5.41, 5.74) is 10.4. The summed E-state index contributed by atoms with van der Waals surface area (Å²) >= 11 is 0. The third-order valence-corrected chi connectivity index (χ3v) is 9.68. The van der Waals surface area contributed by atoms with Gasteiger partial charge in [-0.25, -0.2) is 0 Å². The number of rotatable bonds is 7. The van der Waals surface area contributed by atoms with Crippen molar-refractivity contribution in [3.8, 4) is 22.3 Å². The van der Waals surface area contributed by atoms with Gasteiger partial charge in [0.2, 0.25) is 0 Å². The number of nitrogens with zero attached hydrogens (tertiary/aromatic N) is 2. The van der Waals surface area contributed by atoms with Crippen LogP contribution in [0.3, 0.4) is 0 Å². The van der Waals surface area contributed by atoms with Crippen LogP contribution in [0, 0.1) is 0 Å². The molecule has 8 aromatic carbocycles. The van der Waals surface area contributed by atoms with Crippen molar-refractivity contribution in [2.75, 3.05) is 4.90 Å². The van der Waals surface area contributed by atoms with E-state index in [-0.39, 0.29) is 0 Å². The van der Waals surface area contributed by atoms with E-state index in [2.05, 4.69) is 192 Å². The van der Waals surface area contributed by atoms with Gasteiger partial charge in [-0.15, -0.1) is 0 Å². The van der Waals surface area contributed by atoms with E-state index in [4.69, 9.17) is 0 Å². The zero-order valence-corrected chi connectivity index (χ0v) is 28.0. The maximum Gasteiger partial charge on any atom is 0.0629 e. The van der Waals surface area contributed by atoms with E-state index in [0.29, 0.717) is 0 Å². The molecule has 0 saturated carbocycles. The number of hydrogen-bond acceptors (Lipinski definition) is 2. The third-order valence-electron chi connectivity index (χ3n) is 9.68. The van der Waals surface area contributed by atoms with Crippen molar-refractivity contribution in [3.05, 3.63) is 206 Å². The van der Waals surface area contributed by atoms with Gasteiger partial charge in [-0.3, -0.25) is 4.98 Å². The standard InChI is InChI=1S/C49H34N2/c1-2-15-41(16-3-1)51(43-32-26-36-12-4-5-13-39(36)34-43)42-30-27-38(28-31-42)49-46-19-8-6-17-44(46)48(45-18-7-9-20-47(45)49)37-24-21-35(22-25-37)23-29-40-14-10-11-33-50-40/h1-34H. The van der Waals surface area contributed by atoms with Gasteiger partial charge in [0, 0.05) is 23.3 Å². The smallest absolute Gasteiger partial charge is 0.0629 e. The Morgan fingerprint density at radius 3 is 1.49 bits per heavy atom. The molecule has 1 aromatic heterocycles. The van der Waals surface area contributed by atoms with Crippen molar-refractivity contribution in [2.24, 2.45) is 0 Å². The summed E-state index contributed by atoms with van der Waals surface area (Å²) in [6.45, 7) is 0. The molecule has 9 rings (SSSR count). The highest BCUT2D eigenvalue weighted by Gasteiger charge is 2.18. The van der Waals surface area contributed by atoms with Crippen LogP contribution < -0.4 is 4.90 Å². The highest BCUT2D eigenvalue weighted by molar-refractivity contribution is 6.21. The monoisotopic (exact) mass is 650 g/mol. The molecule has 0 spiro atoms. The fraction of sp³-hybridized carbons (Fsp3) is 0. The molecule has 0 bridgehead atoms. The first-order chi connectivity index (χ1) is 25.3. The number of para-hydroxylation sites is 1. The summed E-state index contributed by atoms with van der Waals surface area (Å²) in [4.78, 5) is 6.76. The number of aromatic nitrogens is 1. The van der Waals surface area contributed by atoms with Crippen molar-refractivity contribution >= 4 is 61.5 Å². The van der Waals surface area contributed by atoms with Crippen LogP contribution in [0.15, 0.2) is 194 Å². The molecule has 0 saturated heterocycles. The molecule has 0 aliphatic rings. The van der Waals surface area contributed by atoms with Crippen LogP contribution in [-0.4, -0.2) is 4.98 Å². The summed E-state index contributed by atoms with van der Waals surface area (Å²) in [5, 5.41) is 7.43. The van der Waals surface area contributed by atoms with E-state index >= 15 is 0 Å². The Morgan fingerprint density at radius 1 is 0.373 bits per heavy atom. The summed E-state index contributed by atoms with van der Waals surface area (Å²) in [6.07, 6.45) is 6.00. The summed E-state index contributed by atoms with van der Waals surface area (Å²) in [6, 6.07) is 67.4. The maximum atomic E-state index is 4.42. The Labute approximate surface area is 298 Å². The minimum Gasteiger partial charge on any atom is -0.310 e. The Bertz CT molecular complexity index is 2600. The van der Waals surface area contributed by atoms with E-state index in [0.717, 1.165) is 28.3 Å². The van der Waals surface area contributed by atoms with Gasteiger partial charge in [0.1, 0.15) is 0 Å². The molecule has 0 amide bonds. The molecule has 0 radical (unpaired) electrons. The number of fused-ring (bicyclic) bond motifs is 3. The van der Waals surface area contributed by atoms with E-state index < -0.39 is 0 Å². The van der Waals surface area contributed by atoms with Crippen molar-refractivity contribution < 1.29 is 0 Å². The normalized spacial score (nSPS) is 11.5. The molecular formula is C49H34N2. The molecule has 240 valence electrons. The highest BCUT2D eigenvalue weighted by atomic mass is 15.1. The van der Waals surface area contributed by atoms with E-state index in [1.54, 1.807) is 0 Å². The molecule has 0 N–H and O–H groups in total. The zero-order chi connectivity index (χ0) is 34.0. The predicted octanol–water partition coefficient (Wildman–Crippen LogP) is 13.5. The first-order valence-corrected chi connectivity index (χ1v) is 17.4. The first kappa shape index (κ1) is 30.3. The fourth-order valence-corrected chi connectivity index (χ4v) is 7.28. The van der Waals surface area contributed by atoms with Gasteiger partial charge in [0.05, 0.1) is 5.69 Å². The second-order valence-corrected chi connectivity index (χ2v) is 12.8. The summed E-state index contributed by atoms with van der Waals surface area (Å²) in [7, 11) is 0. The van der Waals surface area contributed by atoms with E-state index in [1.807, 2.05) is 24.4 Å². The average molecular weight is 651 g/mol. The van der Waals surface area contributed by atoms with Gasteiger partial charge < -0.3 is 4.90 Å². The molecule has 0 aliphatic carbocycles. The van der Waals surface area contributed by atoms with Gasteiger partial charge in [-0.1, -0.05) is 146 Å². The third kappa shape index (κ3) is 5.83. The molecule has 2 heteroatoms. The number of benzene rings is 8. The number of anilines is 3. The largest absolute Gasteiger partial charge is 0.310 e. The topological polar surface area (TPSA) is 16.1 Å². The molecule has 9 aromatic rings. The molecular weight excluding hydrogens is 617 g/mol. The number of pyridine rings is 1. The molecule has 51 heavy (non-hydrogen) atoms. The van der Waals surface area contributed by atoms with Gasteiger partial charge >= 0.3 is 0 Å². The van der Waals surface area contributed by atoms with Crippen molar-refractivity contribution in [3.63, 3.8) is 0 Å². The molecule has 0 atom stereocenters. The second kappa shape index (κ2) is 13.3. The van der Waals surface area contributed by atoms with E-state index in [9.17, 15) is 0 Å². The van der Waals surface area contributed by atoms with Crippen molar-refractivity contribution in [2.45, 2.75) is 0 Å². The fourth-order valence-electron chi connectivity index (χ4n) is 7.28. The molecule has 1 heterocycles. The van der Waals surface area contributed by atoms with Gasteiger partial charge in [0.25, 0.3) is 0 Å². The highest BCUT2D eigenvalue weighted by Crippen LogP contribution is 2.44. The van der Waals surface area contributed by atoms with Crippen LogP contribution in [0.1, 0.15) is 11.3 Å². The van der Waals surface area contributed by atoms with Crippen molar-refractivity contribution in [1.82, 2.24) is 4.98 Å². The van der Waals surface area contributed by atoms with Crippen LogP contribution in [0.5, 0.6) is 0 Å². The quantitative estimate of drug-likeness (QED) is 0.160. The Kier molecular flexibility index (Phi) is 7.88. The first-order valence-electron chi connectivity index (χ1n) is 17.4. The lowest BCUT2D eigenvalue weighted by atomic mass is 9.86. The Hall–Kier alpha value is -6.77. The number of hydrogen-bond donors (Lipinski definition) is 0. The SMILES string of the molecule is C(=Cc1ccccn1)c1ccc(-c2c3ccccc3c(-c3ccc(N(c4ccccc4)c4ccc5ccccc5c4)cc3)c3ccccc23)cc1. The van der Waals surface area contributed by atoms with Gasteiger partial charge in [-0.05, 0) is 115 Å². The summed E-state index contributed by atoms with van der Waals surface area (Å²) < 4.78 is 0. The molecule has 0 unspecified atom stereocenters. The summed E-state index contributed by atoms with van der Waals surface area (Å²) in [5.74, 6) is 0. The minimum atomic E-state index is 0.948. The van der Waals surface area contributed by atoms with Gasteiger partial charge in [-0.2, -0.15) is 0 Å². The van der Waals surface area contributed by atoms with Gasteiger partial charge in [0.15, 0.2) is 0 Å². The molecule has 0 aliphatic heterocycles. The van der Waals surface area contributed by atoms with Crippen molar-refractivity contribution in [1.29, 1.82) is 0 Å². The van der Waals surface area contributed by atoms with E-state index in [1.165, 1.54) is 54.6 Å². The lowest BCUT2D eigenvalue weighted by molar-refractivity contribution is 1.29. The Morgan fingerprint density at radius 2 is 0.882 bits per heavy atom. The van der Waals surface area contributed by atoms with Crippen LogP contribution in [0.2, 0.25) is 0 Å².